The molecule has 0 radical (unpaired) electrons. The first-order valence-corrected chi connectivity index (χ1v) is 8.14. The van der Waals surface area contributed by atoms with Crippen LogP contribution in [0.3, 0.4) is 0 Å². The lowest BCUT2D eigenvalue weighted by Gasteiger charge is -2.14. The molecule has 0 saturated carbocycles. The van der Waals surface area contributed by atoms with Gasteiger partial charge < -0.3 is 4.74 Å². The number of rotatable bonds is 6. The van der Waals surface area contributed by atoms with Crippen LogP contribution in [0.15, 0.2) is 41.6 Å². The zero-order valence-corrected chi connectivity index (χ0v) is 13.1. The molecule has 1 N–H and O–H groups in total. The van der Waals surface area contributed by atoms with E-state index in [4.69, 9.17) is 4.74 Å². The molecule has 2 rings (SSSR count). The van der Waals surface area contributed by atoms with Gasteiger partial charge in [0.25, 0.3) is 0 Å². The van der Waals surface area contributed by atoms with Crippen molar-refractivity contribution in [2.75, 3.05) is 6.61 Å². The van der Waals surface area contributed by atoms with Crippen LogP contribution in [0.1, 0.15) is 25.5 Å². The molecule has 2 aromatic rings. The molecule has 0 spiro atoms. The summed E-state index contributed by atoms with van der Waals surface area (Å²) in [5, 5.41) is 3.88. The largest absolute Gasteiger partial charge is 0.494 e. The number of nitrogens with one attached hydrogen (secondary N) is 1. The molecule has 0 fully saturated rings. The molecule has 114 valence electrons. The van der Waals surface area contributed by atoms with Crippen LogP contribution >= 0.6 is 0 Å². The van der Waals surface area contributed by atoms with Crippen molar-refractivity contribution >= 4 is 10.0 Å². The fourth-order valence-corrected chi connectivity index (χ4v) is 3.14. The fourth-order valence-electron chi connectivity index (χ4n) is 1.93. The third kappa shape index (κ3) is 3.83. The first-order chi connectivity index (χ1) is 9.92. The van der Waals surface area contributed by atoms with E-state index in [9.17, 15) is 8.42 Å². The van der Waals surface area contributed by atoms with Gasteiger partial charge in [0.1, 0.15) is 10.6 Å². The van der Waals surface area contributed by atoms with Crippen LogP contribution in [0.2, 0.25) is 0 Å². The van der Waals surface area contributed by atoms with Gasteiger partial charge in [-0.15, -0.1) is 0 Å². The average molecular weight is 309 g/mol. The van der Waals surface area contributed by atoms with Crippen molar-refractivity contribution in [1.29, 1.82) is 0 Å². The molecule has 6 nitrogen and oxygen atoms in total. The molecule has 0 bridgehead atoms. The summed E-state index contributed by atoms with van der Waals surface area (Å²) >= 11 is 0. The van der Waals surface area contributed by atoms with Gasteiger partial charge in [-0.2, -0.15) is 5.10 Å². The fraction of sp³-hybridized carbons (Fsp3) is 0.357. The Bertz CT molecular complexity index is 693. The lowest BCUT2D eigenvalue weighted by molar-refractivity contribution is 0.340. The minimum Gasteiger partial charge on any atom is -0.494 e. The van der Waals surface area contributed by atoms with Crippen LogP contribution in [0.5, 0.6) is 5.75 Å². The molecule has 1 aromatic carbocycles. The summed E-state index contributed by atoms with van der Waals surface area (Å²) in [6.45, 7) is 4.31. The quantitative estimate of drug-likeness (QED) is 0.884. The van der Waals surface area contributed by atoms with E-state index < -0.39 is 10.0 Å². The highest BCUT2D eigenvalue weighted by Gasteiger charge is 2.19. The number of aryl methyl sites for hydroxylation is 1. The Hall–Kier alpha value is -1.86. The number of hydrogen-bond acceptors (Lipinski definition) is 4. The van der Waals surface area contributed by atoms with Crippen molar-refractivity contribution in [3.63, 3.8) is 0 Å². The van der Waals surface area contributed by atoms with Crippen molar-refractivity contribution in [2.45, 2.75) is 24.8 Å². The topological polar surface area (TPSA) is 73.2 Å². The second kappa shape index (κ2) is 6.28. The third-order valence-electron chi connectivity index (χ3n) is 3.01. The van der Waals surface area contributed by atoms with Crippen molar-refractivity contribution in [3.05, 3.63) is 42.2 Å². The minimum absolute atomic E-state index is 0.155. The average Bonchev–Trinajstić information content (AvgIpc) is 2.87. The molecular weight excluding hydrogens is 290 g/mol. The van der Waals surface area contributed by atoms with Crippen molar-refractivity contribution in [1.82, 2.24) is 14.5 Å². The Morgan fingerprint density at radius 2 is 2.00 bits per heavy atom. The Morgan fingerprint density at radius 3 is 2.52 bits per heavy atom. The van der Waals surface area contributed by atoms with Crippen molar-refractivity contribution < 1.29 is 13.2 Å². The van der Waals surface area contributed by atoms with Crippen LogP contribution in [0, 0.1) is 0 Å². The third-order valence-corrected chi connectivity index (χ3v) is 4.51. The van der Waals surface area contributed by atoms with Gasteiger partial charge in [0.15, 0.2) is 0 Å². The normalized spacial score (nSPS) is 13.1. The monoisotopic (exact) mass is 309 g/mol. The van der Waals surface area contributed by atoms with Gasteiger partial charge in [0.05, 0.1) is 12.8 Å². The van der Waals surface area contributed by atoms with Crippen LogP contribution < -0.4 is 9.46 Å². The molecule has 0 saturated heterocycles. The van der Waals surface area contributed by atoms with E-state index in [0.29, 0.717) is 6.61 Å². The molecule has 0 aliphatic heterocycles. The maximum atomic E-state index is 12.2. The smallest absolute Gasteiger partial charge is 0.244 e. The number of aromatic nitrogens is 2. The standard InChI is InChI=1S/C14H19N3O3S/c1-4-20-13-7-5-12(6-8-13)11(2)16-21(18,19)14-9-15-17(3)10-14/h5-11,16H,4H2,1-3H3. The summed E-state index contributed by atoms with van der Waals surface area (Å²) in [7, 11) is -1.90. The number of hydrogen-bond donors (Lipinski definition) is 1. The van der Waals surface area contributed by atoms with Gasteiger partial charge in [0.2, 0.25) is 10.0 Å². The van der Waals surface area contributed by atoms with Crippen LogP contribution in [-0.2, 0) is 17.1 Å². The molecule has 1 heterocycles. The lowest BCUT2D eigenvalue weighted by atomic mass is 10.1. The van der Waals surface area contributed by atoms with Gasteiger partial charge in [0, 0.05) is 19.3 Å². The van der Waals surface area contributed by atoms with Crippen LogP contribution in [-0.4, -0.2) is 24.8 Å². The molecule has 1 unspecified atom stereocenters. The van der Waals surface area contributed by atoms with Gasteiger partial charge in [-0.3, -0.25) is 4.68 Å². The number of ether oxygens (including phenoxy) is 1. The van der Waals surface area contributed by atoms with E-state index in [0.717, 1.165) is 11.3 Å². The Morgan fingerprint density at radius 1 is 1.33 bits per heavy atom. The molecular formula is C14H19N3O3S. The molecule has 7 heteroatoms. The highest BCUT2D eigenvalue weighted by Crippen LogP contribution is 2.19. The Kier molecular flexibility index (Phi) is 4.64. The molecule has 1 aromatic heterocycles. The SMILES string of the molecule is CCOc1ccc(C(C)NS(=O)(=O)c2cnn(C)c2)cc1. The summed E-state index contributed by atoms with van der Waals surface area (Å²) in [6.07, 6.45) is 2.79. The summed E-state index contributed by atoms with van der Waals surface area (Å²) < 4.78 is 33.9. The lowest BCUT2D eigenvalue weighted by Crippen LogP contribution is -2.26. The molecule has 21 heavy (non-hydrogen) atoms. The van der Waals surface area contributed by atoms with Gasteiger partial charge in [-0.05, 0) is 31.5 Å². The first kappa shape index (κ1) is 15.5. The van der Waals surface area contributed by atoms with Crippen molar-refractivity contribution in [3.8, 4) is 5.75 Å². The molecule has 0 amide bonds. The van der Waals surface area contributed by atoms with E-state index in [-0.39, 0.29) is 10.9 Å². The molecule has 1 atom stereocenters. The Balaban J connectivity index is 2.11. The zero-order chi connectivity index (χ0) is 15.5. The maximum Gasteiger partial charge on any atom is 0.244 e. The molecule has 0 aliphatic rings. The summed E-state index contributed by atoms with van der Waals surface area (Å²) in [5.74, 6) is 0.767. The van der Waals surface area contributed by atoms with E-state index in [1.165, 1.54) is 17.1 Å². The summed E-state index contributed by atoms with van der Waals surface area (Å²) in [4.78, 5) is 0.155. The van der Waals surface area contributed by atoms with E-state index in [1.807, 2.05) is 31.2 Å². The second-order valence-corrected chi connectivity index (χ2v) is 6.41. The predicted molar refractivity (Wildman–Crippen MR) is 79.6 cm³/mol. The van der Waals surface area contributed by atoms with E-state index in [2.05, 4.69) is 9.82 Å². The van der Waals surface area contributed by atoms with Crippen LogP contribution in [0.25, 0.3) is 0 Å². The van der Waals surface area contributed by atoms with Gasteiger partial charge >= 0.3 is 0 Å². The number of benzene rings is 1. The highest BCUT2D eigenvalue weighted by molar-refractivity contribution is 7.89. The minimum atomic E-state index is -3.57. The van der Waals surface area contributed by atoms with E-state index in [1.54, 1.807) is 14.0 Å². The van der Waals surface area contributed by atoms with Crippen LogP contribution in [0.4, 0.5) is 0 Å². The van der Waals surface area contributed by atoms with Gasteiger partial charge in [-0.25, -0.2) is 13.1 Å². The Labute approximate surface area is 124 Å². The predicted octanol–water partition coefficient (Wildman–Crippen LogP) is 1.86. The maximum absolute atomic E-state index is 12.2. The van der Waals surface area contributed by atoms with Gasteiger partial charge in [-0.1, -0.05) is 12.1 Å². The number of nitrogens with zero attached hydrogens (tertiary/aromatic N) is 2. The van der Waals surface area contributed by atoms with E-state index >= 15 is 0 Å². The summed E-state index contributed by atoms with van der Waals surface area (Å²) in [5.41, 5.74) is 0.867. The molecule has 0 aliphatic carbocycles. The summed E-state index contributed by atoms with van der Waals surface area (Å²) in [6, 6.07) is 7.01. The zero-order valence-electron chi connectivity index (χ0n) is 12.3. The number of sulfonamides is 1. The van der Waals surface area contributed by atoms with Crippen molar-refractivity contribution in [2.24, 2.45) is 7.05 Å². The second-order valence-electron chi connectivity index (χ2n) is 4.69. The first-order valence-electron chi connectivity index (χ1n) is 6.66. The highest BCUT2D eigenvalue weighted by atomic mass is 32.2.